The summed E-state index contributed by atoms with van der Waals surface area (Å²) >= 11 is 8.15. The lowest BCUT2D eigenvalue weighted by Crippen LogP contribution is -2.19. The number of ether oxygens (including phenoxy) is 2. The zero-order chi connectivity index (χ0) is 14.2. The van der Waals surface area contributed by atoms with Crippen LogP contribution in [0.5, 0.6) is 0 Å². The third kappa shape index (κ3) is 4.93. The first-order valence-electron chi connectivity index (χ1n) is 7.02. The van der Waals surface area contributed by atoms with Crippen LogP contribution in [0.25, 0.3) is 0 Å². The molecule has 1 aromatic carbocycles. The quantitative estimate of drug-likeness (QED) is 0.589. The Labute approximate surface area is 130 Å². The minimum Gasteiger partial charge on any atom is -0.383 e. The van der Waals surface area contributed by atoms with Gasteiger partial charge in [0.05, 0.1) is 17.7 Å². The summed E-state index contributed by atoms with van der Waals surface area (Å²) in [5.74, 6) is 0.981. The van der Waals surface area contributed by atoms with Crippen molar-refractivity contribution in [1.82, 2.24) is 5.32 Å². The van der Waals surface area contributed by atoms with Crippen LogP contribution in [0.15, 0.2) is 23.1 Å². The summed E-state index contributed by atoms with van der Waals surface area (Å²) in [6.07, 6.45) is 2.73. The van der Waals surface area contributed by atoms with Gasteiger partial charge in [0.25, 0.3) is 0 Å². The van der Waals surface area contributed by atoms with Crippen molar-refractivity contribution in [3.63, 3.8) is 0 Å². The van der Waals surface area contributed by atoms with Crippen LogP contribution < -0.4 is 5.32 Å². The normalized spacial score (nSPS) is 18.6. The third-order valence-electron chi connectivity index (χ3n) is 3.28. The molecule has 0 radical (unpaired) electrons. The molecule has 1 heterocycles. The van der Waals surface area contributed by atoms with E-state index in [4.69, 9.17) is 21.1 Å². The second-order valence-electron chi connectivity index (χ2n) is 4.84. The summed E-state index contributed by atoms with van der Waals surface area (Å²) in [6, 6.07) is 6.09. The minimum atomic E-state index is 0.380. The lowest BCUT2D eigenvalue weighted by Gasteiger charge is -2.14. The van der Waals surface area contributed by atoms with Crippen molar-refractivity contribution in [3.8, 4) is 0 Å². The van der Waals surface area contributed by atoms with Crippen molar-refractivity contribution in [2.24, 2.45) is 0 Å². The maximum atomic E-state index is 6.34. The van der Waals surface area contributed by atoms with Crippen LogP contribution in [0.1, 0.15) is 18.4 Å². The van der Waals surface area contributed by atoms with Crippen molar-refractivity contribution in [1.29, 1.82) is 0 Å². The fraction of sp³-hybridized carbons (Fsp3) is 0.600. The number of nitrogens with one attached hydrogen (secondary N) is 1. The van der Waals surface area contributed by atoms with Gasteiger partial charge >= 0.3 is 0 Å². The number of hydrogen-bond donors (Lipinski definition) is 1. The number of benzene rings is 1. The molecular weight excluding hydrogens is 294 g/mol. The Morgan fingerprint density at radius 1 is 1.50 bits per heavy atom. The molecule has 0 saturated carbocycles. The van der Waals surface area contributed by atoms with E-state index in [-0.39, 0.29) is 0 Å². The lowest BCUT2D eigenvalue weighted by molar-refractivity contribution is 0.129. The van der Waals surface area contributed by atoms with Crippen LogP contribution in [0.4, 0.5) is 0 Å². The maximum absolute atomic E-state index is 6.34. The Bertz CT molecular complexity index is 411. The minimum absolute atomic E-state index is 0.380. The average molecular weight is 316 g/mol. The second-order valence-corrected chi connectivity index (χ2v) is 6.28. The van der Waals surface area contributed by atoms with E-state index in [9.17, 15) is 0 Å². The van der Waals surface area contributed by atoms with Gasteiger partial charge in [-0.15, -0.1) is 11.8 Å². The van der Waals surface area contributed by atoms with Crippen molar-refractivity contribution in [3.05, 3.63) is 28.8 Å². The fourth-order valence-corrected chi connectivity index (χ4v) is 3.71. The molecule has 1 saturated heterocycles. The van der Waals surface area contributed by atoms with Crippen LogP contribution in [-0.4, -0.2) is 38.7 Å². The molecule has 1 aliphatic heterocycles. The van der Waals surface area contributed by atoms with E-state index in [1.807, 2.05) is 12.1 Å². The monoisotopic (exact) mass is 315 g/mol. The molecule has 2 rings (SSSR count). The SMILES string of the molecule is COCCNCc1cccc(Cl)c1SCC1CCCO1. The Balaban J connectivity index is 1.90. The molecule has 3 nitrogen and oxygen atoms in total. The molecule has 0 aliphatic carbocycles. The largest absolute Gasteiger partial charge is 0.383 e. The van der Waals surface area contributed by atoms with E-state index in [1.165, 1.54) is 23.3 Å². The van der Waals surface area contributed by atoms with Crippen LogP contribution in [0.2, 0.25) is 5.02 Å². The first kappa shape index (κ1) is 16.1. The summed E-state index contributed by atoms with van der Waals surface area (Å²) in [7, 11) is 1.71. The number of thioether (sulfide) groups is 1. The van der Waals surface area contributed by atoms with Gasteiger partial charge in [0.2, 0.25) is 0 Å². The molecule has 1 unspecified atom stereocenters. The summed E-state index contributed by atoms with van der Waals surface area (Å²) in [5, 5.41) is 4.20. The van der Waals surface area contributed by atoms with E-state index in [1.54, 1.807) is 18.9 Å². The Hall–Kier alpha value is -0.260. The standard InChI is InChI=1S/C15H22ClNO2S/c1-18-9-7-17-10-12-4-2-6-14(16)15(12)20-11-13-5-3-8-19-13/h2,4,6,13,17H,3,5,7-11H2,1H3. The molecule has 1 aromatic rings. The smallest absolute Gasteiger partial charge is 0.0669 e. The summed E-state index contributed by atoms with van der Waals surface area (Å²) in [5.41, 5.74) is 1.25. The van der Waals surface area contributed by atoms with Crippen molar-refractivity contribution in [2.45, 2.75) is 30.4 Å². The summed E-state index contributed by atoms with van der Waals surface area (Å²) < 4.78 is 10.7. The second kappa shape index (κ2) is 8.90. The average Bonchev–Trinajstić information content (AvgIpc) is 2.96. The molecule has 0 spiro atoms. The topological polar surface area (TPSA) is 30.5 Å². The predicted octanol–water partition coefficient (Wildman–Crippen LogP) is 3.35. The third-order valence-corrected chi connectivity index (χ3v) is 5.02. The Morgan fingerprint density at radius 3 is 3.15 bits per heavy atom. The van der Waals surface area contributed by atoms with Crippen molar-refractivity contribution < 1.29 is 9.47 Å². The highest BCUT2D eigenvalue weighted by molar-refractivity contribution is 7.99. The van der Waals surface area contributed by atoms with Gasteiger partial charge in [-0.2, -0.15) is 0 Å². The lowest BCUT2D eigenvalue weighted by atomic mass is 10.2. The van der Waals surface area contributed by atoms with Gasteiger partial charge in [-0.25, -0.2) is 0 Å². The van der Waals surface area contributed by atoms with Gasteiger partial charge < -0.3 is 14.8 Å². The van der Waals surface area contributed by atoms with Crippen LogP contribution >= 0.6 is 23.4 Å². The first-order chi connectivity index (χ1) is 9.81. The maximum Gasteiger partial charge on any atom is 0.0669 e. The highest BCUT2D eigenvalue weighted by Crippen LogP contribution is 2.32. The zero-order valence-corrected chi connectivity index (χ0v) is 13.4. The molecule has 0 aromatic heterocycles. The Kier molecular flexibility index (Phi) is 7.17. The first-order valence-corrected chi connectivity index (χ1v) is 8.39. The summed E-state index contributed by atoms with van der Waals surface area (Å²) in [4.78, 5) is 1.18. The molecule has 0 amide bonds. The van der Waals surface area contributed by atoms with Crippen LogP contribution in [0, 0.1) is 0 Å². The van der Waals surface area contributed by atoms with Crippen LogP contribution in [0.3, 0.4) is 0 Å². The predicted molar refractivity (Wildman–Crippen MR) is 84.7 cm³/mol. The molecule has 1 aliphatic rings. The summed E-state index contributed by atoms with van der Waals surface area (Å²) in [6.45, 7) is 3.29. The number of halogens is 1. The van der Waals surface area contributed by atoms with E-state index in [0.717, 1.165) is 37.1 Å². The molecule has 20 heavy (non-hydrogen) atoms. The number of hydrogen-bond acceptors (Lipinski definition) is 4. The molecule has 1 fully saturated rings. The van der Waals surface area contributed by atoms with E-state index in [0.29, 0.717) is 6.10 Å². The van der Waals surface area contributed by atoms with Gasteiger partial charge in [0.1, 0.15) is 0 Å². The zero-order valence-electron chi connectivity index (χ0n) is 11.9. The van der Waals surface area contributed by atoms with E-state index < -0.39 is 0 Å². The molecular formula is C15H22ClNO2S. The fourth-order valence-electron chi connectivity index (χ4n) is 2.20. The van der Waals surface area contributed by atoms with Gasteiger partial charge in [-0.3, -0.25) is 0 Å². The van der Waals surface area contributed by atoms with Gasteiger partial charge in [0, 0.05) is 37.5 Å². The molecule has 1 N–H and O–H groups in total. The van der Waals surface area contributed by atoms with E-state index >= 15 is 0 Å². The van der Waals surface area contributed by atoms with Crippen LogP contribution in [-0.2, 0) is 16.0 Å². The highest BCUT2D eigenvalue weighted by atomic mass is 35.5. The van der Waals surface area contributed by atoms with Gasteiger partial charge in [0.15, 0.2) is 0 Å². The molecule has 0 bridgehead atoms. The van der Waals surface area contributed by atoms with E-state index in [2.05, 4.69) is 11.4 Å². The van der Waals surface area contributed by atoms with Gasteiger partial charge in [-0.1, -0.05) is 23.7 Å². The van der Waals surface area contributed by atoms with Gasteiger partial charge in [-0.05, 0) is 24.5 Å². The molecule has 1 atom stereocenters. The van der Waals surface area contributed by atoms with Crippen molar-refractivity contribution in [2.75, 3.05) is 32.6 Å². The van der Waals surface area contributed by atoms with Crippen molar-refractivity contribution >= 4 is 23.4 Å². The number of rotatable bonds is 8. The Morgan fingerprint density at radius 2 is 2.40 bits per heavy atom. The highest BCUT2D eigenvalue weighted by Gasteiger charge is 2.17. The molecule has 112 valence electrons. The molecule has 5 heteroatoms. The number of methoxy groups -OCH3 is 1.